The van der Waals surface area contributed by atoms with Gasteiger partial charge in [0.15, 0.2) is 0 Å². The molecule has 0 heterocycles. The van der Waals surface area contributed by atoms with Gasteiger partial charge in [-0.05, 0) is 30.5 Å². The van der Waals surface area contributed by atoms with E-state index in [4.69, 9.17) is 27.9 Å². The molecule has 2 rings (SSSR count). The van der Waals surface area contributed by atoms with Crippen LogP contribution < -0.4 is 5.32 Å². The van der Waals surface area contributed by atoms with E-state index in [1.54, 1.807) is 19.1 Å². The Morgan fingerprint density at radius 2 is 2.06 bits per heavy atom. The second-order valence-electron chi connectivity index (χ2n) is 3.64. The van der Waals surface area contributed by atoms with Crippen LogP contribution in [-0.2, 0) is 4.74 Å². The molecule has 2 aromatic carbocycles. The summed E-state index contributed by atoms with van der Waals surface area (Å²) in [5, 5.41) is 5.45. The maximum absolute atomic E-state index is 11.3. The molecule has 3 nitrogen and oxygen atoms in total. The van der Waals surface area contributed by atoms with Crippen molar-refractivity contribution < 1.29 is 9.53 Å². The van der Waals surface area contributed by atoms with Crippen LogP contribution in [0.5, 0.6) is 0 Å². The molecule has 0 aliphatic heterocycles. The highest BCUT2D eigenvalue weighted by molar-refractivity contribution is 6.39. The van der Waals surface area contributed by atoms with Gasteiger partial charge in [-0.25, -0.2) is 4.79 Å². The van der Waals surface area contributed by atoms with Crippen LogP contribution in [0.2, 0.25) is 10.0 Å². The Morgan fingerprint density at radius 3 is 2.78 bits per heavy atom. The summed E-state index contributed by atoms with van der Waals surface area (Å²) < 4.78 is 4.80. The fraction of sp³-hybridized carbons (Fsp3) is 0.154. The van der Waals surface area contributed by atoms with Gasteiger partial charge in [0.05, 0.1) is 17.3 Å². The average molecular weight is 284 g/mol. The number of carbonyl (C=O) groups excluding carboxylic acids is 1. The molecule has 0 aliphatic carbocycles. The third-order valence-corrected chi connectivity index (χ3v) is 3.07. The Labute approximate surface area is 115 Å². The monoisotopic (exact) mass is 283 g/mol. The highest BCUT2D eigenvalue weighted by Crippen LogP contribution is 2.32. The largest absolute Gasteiger partial charge is 0.450 e. The first-order chi connectivity index (χ1) is 8.61. The molecule has 0 unspecified atom stereocenters. The lowest BCUT2D eigenvalue weighted by atomic mass is 10.1. The number of fused-ring (bicyclic) bond motifs is 1. The summed E-state index contributed by atoms with van der Waals surface area (Å²) in [7, 11) is 0. The van der Waals surface area contributed by atoms with Crippen molar-refractivity contribution in [3.05, 3.63) is 40.4 Å². The van der Waals surface area contributed by atoms with Crippen molar-refractivity contribution in [1.82, 2.24) is 0 Å². The van der Waals surface area contributed by atoms with Gasteiger partial charge in [0.25, 0.3) is 0 Å². The maximum atomic E-state index is 11.3. The van der Waals surface area contributed by atoms with E-state index >= 15 is 0 Å². The molecule has 1 amide bonds. The fourth-order valence-electron chi connectivity index (χ4n) is 1.64. The summed E-state index contributed by atoms with van der Waals surface area (Å²) in [6.07, 6.45) is -0.521. The van der Waals surface area contributed by atoms with E-state index in [0.29, 0.717) is 22.3 Å². The number of benzene rings is 2. The molecule has 1 N–H and O–H groups in total. The highest BCUT2D eigenvalue weighted by Gasteiger charge is 2.09. The molecule has 0 fully saturated rings. The van der Waals surface area contributed by atoms with Crippen LogP contribution in [0.1, 0.15) is 6.92 Å². The van der Waals surface area contributed by atoms with Crippen LogP contribution in [0.3, 0.4) is 0 Å². The van der Waals surface area contributed by atoms with Gasteiger partial charge in [-0.15, -0.1) is 0 Å². The summed E-state index contributed by atoms with van der Waals surface area (Å²) >= 11 is 12.1. The molecule has 0 aromatic heterocycles. The topological polar surface area (TPSA) is 38.3 Å². The SMILES string of the molecule is CCOC(=O)Nc1ccc2cc(Cl)ccc2c1Cl. The number of rotatable bonds is 2. The van der Waals surface area contributed by atoms with Crippen LogP contribution >= 0.6 is 23.2 Å². The lowest BCUT2D eigenvalue weighted by molar-refractivity contribution is 0.168. The molecule has 18 heavy (non-hydrogen) atoms. The van der Waals surface area contributed by atoms with Gasteiger partial charge in [0.1, 0.15) is 0 Å². The highest BCUT2D eigenvalue weighted by atomic mass is 35.5. The molecule has 0 saturated carbocycles. The summed E-state index contributed by atoms with van der Waals surface area (Å²) in [5.41, 5.74) is 0.518. The predicted molar refractivity (Wildman–Crippen MR) is 74.6 cm³/mol. The standard InChI is InChI=1S/C13H11Cl2NO2/c1-2-18-13(17)16-11-6-3-8-7-9(14)4-5-10(8)12(11)15/h3-7H,2H2,1H3,(H,16,17). The van der Waals surface area contributed by atoms with Crippen LogP contribution in [-0.4, -0.2) is 12.7 Å². The Balaban J connectivity index is 2.39. The normalized spacial score (nSPS) is 10.4. The molecule has 5 heteroatoms. The number of ether oxygens (including phenoxy) is 1. The Kier molecular flexibility index (Phi) is 3.94. The van der Waals surface area contributed by atoms with E-state index in [0.717, 1.165) is 10.8 Å². The first-order valence-electron chi connectivity index (χ1n) is 5.43. The van der Waals surface area contributed by atoms with Gasteiger partial charge in [0, 0.05) is 10.4 Å². The average Bonchev–Trinajstić information content (AvgIpc) is 2.33. The van der Waals surface area contributed by atoms with Crippen molar-refractivity contribution >= 4 is 45.8 Å². The third kappa shape index (κ3) is 2.68. The number of anilines is 1. The van der Waals surface area contributed by atoms with E-state index in [1.165, 1.54) is 0 Å². The van der Waals surface area contributed by atoms with Crippen LogP contribution in [0.15, 0.2) is 30.3 Å². The van der Waals surface area contributed by atoms with Gasteiger partial charge in [-0.2, -0.15) is 0 Å². The van der Waals surface area contributed by atoms with Crippen molar-refractivity contribution in [2.75, 3.05) is 11.9 Å². The van der Waals surface area contributed by atoms with Gasteiger partial charge < -0.3 is 4.74 Å². The van der Waals surface area contributed by atoms with Crippen LogP contribution in [0.4, 0.5) is 10.5 Å². The molecule has 0 atom stereocenters. The molecule has 94 valence electrons. The number of halogens is 2. The summed E-state index contributed by atoms with van der Waals surface area (Å²) in [4.78, 5) is 11.3. The van der Waals surface area contributed by atoms with Crippen molar-refractivity contribution in [1.29, 1.82) is 0 Å². The smallest absolute Gasteiger partial charge is 0.411 e. The van der Waals surface area contributed by atoms with E-state index in [-0.39, 0.29) is 0 Å². The third-order valence-electron chi connectivity index (χ3n) is 2.43. The number of hydrogen-bond donors (Lipinski definition) is 1. The lowest BCUT2D eigenvalue weighted by Crippen LogP contribution is -2.13. The Hall–Kier alpha value is -1.45. The lowest BCUT2D eigenvalue weighted by Gasteiger charge is -2.09. The molecular formula is C13H11Cl2NO2. The molecule has 0 spiro atoms. The van der Waals surface area contributed by atoms with Crippen molar-refractivity contribution in [2.45, 2.75) is 6.92 Å². The second-order valence-corrected chi connectivity index (χ2v) is 4.45. The fourth-order valence-corrected chi connectivity index (χ4v) is 2.10. The van der Waals surface area contributed by atoms with Gasteiger partial charge in [-0.3, -0.25) is 5.32 Å². The second kappa shape index (κ2) is 5.46. The zero-order valence-electron chi connectivity index (χ0n) is 9.67. The summed E-state index contributed by atoms with van der Waals surface area (Å²) in [6.45, 7) is 2.05. The molecule has 0 bridgehead atoms. The first kappa shape index (κ1) is 13.0. The molecular weight excluding hydrogens is 273 g/mol. The predicted octanol–water partition coefficient (Wildman–Crippen LogP) is 4.72. The Bertz CT molecular complexity index is 599. The van der Waals surface area contributed by atoms with Crippen LogP contribution in [0, 0.1) is 0 Å². The Morgan fingerprint density at radius 1 is 1.28 bits per heavy atom. The number of hydrogen-bond acceptors (Lipinski definition) is 2. The van der Waals surface area contributed by atoms with Crippen molar-refractivity contribution in [3.63, 3.8) is 0 Å². The van der Waals surface area contributed by atoms with Crippen LogP contribution in [0.25, 0.3) is 10.8 Å². The van der Waals surface area contributed by atoms with Crippen molar-refractivity contribution in [3.8, 4) is 0 Å². The number of carbonyl (C=O) groups is 1. The minimum atomic E-state index is -0.521. The maximum Gasteiger partial charge on any atom is 0.411 e. The number of nitrogens with one attached hydrogen (secondary N) is 1. The zero-order chi connectivity index (χ0) is 13.1. The molecule has 2 aromatic rings. The summed E-state index contributed by atoms with van der Waals surface area (Å²) in [6, 6.07) is 8.95. The van der Waals surface area contributed by atoms with Gasteiger partial charge >= 0.3 is 6.09 Å². The van der Waals surface area contributed by atoms with E-state index in [9.17, 15) is 4.79 Å². The minimum absolute atomic E-state index is 0.312. The minimum Gasteiger partial charge on any atom is -0.450 e. The van der Waals surface area contributed by atoms with E-state index in [1.807, 2.05) is 18.2 Å². The first-order valence-corrected chi connectivity index (χ1v) is 6.19. The van der Waals surface area contributed by atoms with E-state index in [2.05, 4.69) is 5.32 Å². The number of amides is 1. The van der Waals surface area contributed by atoms with Crippen molar-refractivity contribution in [2.24, 2.45) is 0 Å². The van der Waals surface area contributed by atoms with Gasteiger partial charge in [-0.1, -0.05) is 35.3 Å². The van der Waals surface area contributed by atoms with Gasteiger partial charge in [0.2, 0.25) is 0 Å². The molecule has 0 radical (unpaired) electrons. The summed E-state index contributed by atoms with van der Waals surface area (Å²) in [5.74, 6) is 0. The zero-order valence-corrected chi connectivity index (χ0v) is 11.2. The molecule has 0 saturated heterocycles. The van der Waals surface area contributed by atoms with E-state index < -0.39 is 6.09 Å². The quantitative estimate of drug-likeness (QED) is 0.866. The molecule has 0 aliphatic rings.